The minimum Gasteiger partial charge on any atom is -0.490 e. The summed E-state index contributed by atoms with van der Waals surface area (Å²) >= 11 is 0. The molecule has 2 saturated carbocycles. The van der Waals surface area contributed by atoms with Crippen LogP contribution in [-0.2, 0) is 4.74 Å². The highest BCUT2D eigenvalue weighted by Crippen LogP contribution is 2.37. The highest BCUT2D eigenvalue weighted by atomic mass is 16.5. The van der Waals surface area contributed by atoms with E-state index >= 15 is 0 Å². The minimum atomic E-state index is 0.116. The van der Waals surface area contributed by atoms with Crippen LogP contribution in [0.1, 0.15) is 50.6 Å². The van der Waals surface area contributed by atoms with Gasteiger partial charge in [0.15, 0.2) is 0 Å². The fraction of sp³-hybridized carbons (Fsp3) is 0.647. The second-order valence-corrected chi connectivity index (χ2v) is 6.15. The van der Waals surface area contributed by atoms with Gasteiger partial charge in [-0.2, -0.15) is 0 Å². The molecule has 0 bridgehead atoms. The molecule has 110 valence electrons. The van der Waals surface area contributed by atoms with E-state index in [9.17, 15) is 0 Å². The Morgan fingerprint density at radius 1 is 1.25 bits per heavy atom. The molecule has 0 amide bonds. The smallest absolute Gasteiger partial charge is 0.120 e. The van der Waals surface area contributed by atoms with Gasteiger partial charge in [0.05, 0.1) is 12.2 Å². The molecule has 1 atom stereocenters. The van der Waals surface area contributed by atoms with Crippen LogP contribution in [0.2, 0.25) is 0 Å². The first-order valence-corrected chi connectivity index (χ1v) is 7.88. The fourth-order valence-electron chi connectivity index (χ4n) is 2.93. The van der Waals surface area contributed by atoms with Gasteiger partial charge in [-0.25, -0.2) is 0 Å². The van der Waals surface area contributed by atoms with Crippen molar-refractivity contribution < 1.29 is 9.47 Å². The fourth-order valence-corrected chi connectivity index (χ4v) is 2.93. The van der Waals surface area contributed by atoms with Crippen LogP contribution >= 0.6 is 0 Å². The number of rotatable bonds is 7. The van der Waals surface area contributed by atoms with Crippen molar-refractivity contribution in [1.82, 2.24) is 0 Å². The Hall–Kier alpha value is -1.06. The first-order chi connectivity index (χ1) is 9.74. The molecule has 3 heteroatoms. The van der Waals surface area contributed by atoms with Gasteiger partial charge in [-0.3, -0.25) is 0 Å². The standard InChI is InChI=1S/C17H25NO2/c1-2-19-16-8-12(9-16)10-17(18)13-4-3-5-15(11-13)20-14-6-7-14/h3-5,11-12,14,16-17H,2,6-10,18H2,1H3. The van der Waals surface area contributed by atoms with Crippen LogP contribution in [0.5, 0.6) is 5.75 Å². The molecule has 2 aliphatic carbocycles. The van der Waals surface area contributed by atoms with E-state index in [0.717, 1.165) is 24.7 Å². The number of hydrogen-bond acceptors (Lipinski definition) is 3. The predicted molar refractivity (Wildman–Crippen MR) is 79.8 cm³/mol. The van der Waals surface area contributed by atoms with Gasteiger partial charge in [-0.05, 0) is 62.6 Å². The van der Waals surface area contributed by atoms with E-state index in [1.54, 1.807) is 0 Å². The van der Waals surface area contributed by atoms with E-state index in [1.807, 2.05) is 6.07 Å². The lowest BCUT2D eigenvalue weighted by atomic mass is 9.77. The van der Waals surface area contributed by atoms with Gasteiger partial charge < -0.3 is 15.2 Å². The number of ether oxygens (including phenoxy) is 2. The molecule has 0 aromatic heterocycles. The summed E-state index contributed by atoms with van der Waals surface area (Å²) in [5.41, 5.74) is 7.54. The highest BCUT2D eigenvalue weighted by molar-refractivity contribution is 5.31. The molecule has 2 aliphatic rings. The molecule has 20 heavy (non-hydrogen) atoms. The number of hydrogen-bond donors (Lipinski definition) is 1. The zero-order valence-corrected chi connectivity index (χ0v) is 12.3. The third-order valence-electron chi connectivity index (χ3n) is 4.30. The molecule has 2 fully saturated rings. The quantitative estimate of drug-likeness (QED) is 0.829. The number of nitrogens with two attached hydrogens (primary N) is 1. The summed E-state index contributed by atoms with van der Waals surface area (Å²) in [6, 6.07) is 8.43. The molecule has 0 heterocycles. The Morgan fingerprint density at radius 3 is 2.75 bits per heavy atom. The summed E-state index contributed by atoms with van der Waals surface area (Å²) in [6.07, 6.45) is 6.69. The SMILES string of the molecule is CCOC1CC(CC(N)c2cccc(OC3CC3)c2)C1. The lowest BCUT2D eigenvalue weighted by Gasteiger charge is -2.36. The van der Waals surface area contributed by atoms with Crippen LogP contribution < -0.4 is 10.5 Å². The molecular formula is C17H25NO2. The van der Waals surface area contributed by atoms with Gasteiger partial charge in [0, 0.05) is 12.6 Å². The van der Waals surface area contributed by atoms with Gasteiger partial charge in [-0.1, -0.05) is 12.1 Å². The molecule has 0 radical (unpaired) electrons. The average molecular weight is 275 g/mol. The third kappa shape index (κ3) is 3.53. The number of benzene rings is 1. The lowest BCUT2D eigenvalue weighted by molar-refractivity contribution is -0.0282. The molecule has 3 rings (SSSR count). The Kier molecular flexibility index (Phi) is 4.27. The maximum Gasteiger partial charge on any atom is 0.120 e. The van der Waals surface area contributed by atoms with Crippen LogP contribution in [-0.4, -0.2) is 18.8 Å². The van der Waals surface area contributed by atoms with Crippen molar-refractivity contribution in [2.45, 2.75) is 57.3 Å². The maximum atomic E-state index is 6.34. The van der Waals surface area contributed by atoms with Crippen molar-refractivity contribution in [1.29, 1.82) is 0 Å². The summed E-state index contributed by atoms with van der Waals surface area (Å²) in [6.45, 7) is 2.88. The normalized spacial score (nSPS) is 26.9. The first kappa shape index (κ1) is 13.9. The summed E-state index contributed by atoms with van der Waals surface area (Å²) in [7, 11) is 0. The molecule has 3 nitrogen and oxygen atoms in total. The molecule has 0 aliphatic heterocycles. The predicted octanol–water partition coefficient (Wildman–Crippen LogP) is 3.43. The monoisotopic (exact) mass is 275 g/mol. The van der Waals surface area contributed by atoms with E-state index in [0.29, 0.717) is 12.2 Å². The van der Waals surface area contributed by atoms with Crippen LogP contribution in [0, 0.1) is 5.92 Å². The van der Waals surface area contributed by atoms with Crippen LogP contribution in [0.3, 0.4) is 0 Å². The summed E-state index contributed by atoms with van der Waals surface area (Å²) in [5.74, 6) is 1.69. The van der Waals surface area contributed by atoms with Crippen molar-refractivity contribution in [3.8, 4) is 5.75 Å². The second-order valence-electron chi connectivity index (χ2n) is 6.15. The van der Waals surface area contributed by atoms with E-state index in [1.165, 1.54) is 31.2 Å². The topological polar surface area (TPSA) is 44.5 Å². The zero-order chi connectivity index (χ0) is 13.9. The maximum absolute atomic E-state index is 6.34. The third-order valence-corrected chi connectivity index (χ3v) is 4.30. The summed E-state index contributed by atoms with van der Waals surface area (Å²) in [4.78, 5) is 0. The Balaban J connectivity index is 1.50. The van der Waals surface area contributed by atoms with Crippen LogP contribution in [0.4, 0.5) is 0 Å². The van der Waals surface area contributed by atoms with E-state index in [2.05, 4.69) is 25.1 Å². The zero-order valence-electron chi connectivity index (χ0n) is 12.3. The average Bonchev–Trinajstić information content (AvgIpc) is 3.20. The van der Waals surface area contributed by atoms with Crippen LogP contribution in [0.15, 0.2) is 24.3 Å². The van der Waals surface area contributed by atoms with Crippen molar-refractivity contribution in [3.63, 3.8) is 0 Å². The van der Waals surface area contributed by atoms with Gasteiger partial charge >= 0.3 is 0 Å². The second kappa shape index (κ2) is 6.15. The van der Waals surface area contributed by atoms with Gasteiger partial charge in [0.1, 0.15) is 5.75 Å². The highest BCUT2D eigenvalue weighted by Gasteiger charge is 2.31. The van der Waals surface area contributed by atoms with Crippen molar-refractivity contribution in [3.05, 3.63) is 29.8 Å². The Bertz CT molecular complexity index is 438. The Morgan fingerprint density at radius 2 is 2.05 bits per heavy atom. The molecule has 1 aromatic rings. The van der Waals surface area contributed by atoms with Crippen molar-refractivity contribution in [2.75, 3.05) is 6.61 Å². The molecule has 1 unspecified atom stereocenters. The first-order valence-electron chi connectivity index (χ1n) is 7.88. The Labute approximate surface area is 121 Å². The molecular weight excluding hydrogens is 250 g/mol. The van der Waals surface area contributed by atoms with Crippen molar-refractivity contribution >= 4 is 0 Å². The van der Waals surface area contributed by atoms with Crippen molar-refractivity contribution in [2.24, 2.45) is 11.7 Å². The van der Waals surface area contributed by atoms with Gasteiger partial charge in [-0.15, -0.1) is 0 Å². The molecule has 0 saturated heterocycles. The van der Waals surface area contributed by atoms with E-state index < -0.39 is 0 Å². The minimum absolute atomic E-state index is 0.116. The van der Waals surface area contributed by atoms with E-state index in [4.69, 9.17) is 15.2 Å². The van der Waals surface area contributed by atoms with E-state index in [-0.39, 0.29) is 6.04 Å². The van der Waals surface area contributed by atoms with Gasteiger partial charge in [0.25, 0.3) is 0 Å². The molecule has 2 N–H and O–H groups in total. The molecule has 1 aromatic carbocycles. The largest absolute Gasteiger partial charge is 0.490 e. The van der Waals surface area contributed by atoms with Gasteiger partial charge in [0.2, 0.25) is 0 Å². The lowest BCUT2D eigenvalue weighted by Crippen LogP contribution is -2.33. The summed E-state index contributed by atoms with van der Waals surface area (Å²) < 4.78 is 11.4. The summed E-state index contributed by atoms with van der Waals surface area (Å²) in [5, 5.41) is 0. The molecule has 0 spiro atoms. The van der Waals surface area contributed by atoms with Crippen LogP contribution in [0.25, 0.3) is 0 Å².